The summed E-state index contributed by atoms with van der Waals surface area (Å²) in [6.07, 6.45) is 4.96. The summed E-state index contributed by atoms with van der Waals surface area (Å²) >= 11 is 0. The van der Waals surface area contributed by atoms with Crippen LogP contribution in [0.15, 0.2) is 41.6 Å². The van der Waals surface area contributed by atoms with E-state index in [2.05, 4.69) is 60.6 Å². The molecule has 0 bridgehead atoms. The molecule has 2 atom stereocenters. The van der Waals surface area contributed by atoms with Crippen molar-refractivity contribution in [3.8, 4) is 0 Å². The molecule has 0 unspecified atom stereocenters. The van der Waals surface area contributed by atoms with Gasteiger partial charge in [-0.1, -0.05) is 74.1 Å². The summed E-state index contributed by atoms with van der Waals surface area (Å²) in [6.45, 7) is 9.59. The third kappa shape index (κ3) is 3.47. The van der Waals surface area contributed by atoms with Crippen molar-refractivity contribution < 1.29 is 5.11 Å². The second-order valence-electron chi connectivity index (χ2n) is 8.50. The molecule has 126 valence electrons. The molecule has 2 fully saturated rings. The number of likely N-dealkylation sites (tertiary alicyclic amines) is 1. The number of aliphatic hydroxyl groups is 1. The van der Waals surface area contributed by atoms with Gasteiger partial charge < -0.3 is 5.11 Å². The first-order valence-electron chi connectivity index (χ1n) is 9.06. The van der Waals surface area contributed by atoms with E-state index in [0.29, 0.717) is 12.6 Å². The summed E-state index contributed by atoms with van der Waals surface area (Å²) in [5.41, 5.74) is 5.54. The number of nitrogens with zero attached hydrogens (tertiary/aromatic N) is 1. The Balaban J connectivity index is 1.92. The maximum atomic E-state index is 10.4. The molecule has 1 aliphatic carbocycles. The summed E-state index contributed by atoms with van der Waals surface area (Å²) in [5.74, 6) is 0. The molecule has 0 aromatic heterocycles. The van der Waals surface area contributed by atoms with Gasteiger partial charge in [0.15, 0.2) is 0 Å². The predicted octanol–water partition coefficient (Wildman–Crippen LogP) is 4.23. The molecule has 0 radical (unpaired) electrons. The summed E-state index contributed by atoms with van der Waals surface area (Å²) in [5, 5.41) is 10.4. The van der Waals surface area contributed by atoms with Crippen LogP contribution in [0.2, 0.25) is 19.6 Å². The Hall–Kier alpha value is -0.903. The largest absolute Gasteiger partial charge is 0.395 e. The summed E-state index contributed by atoms with van der Waals surface area (Å²) in [6, 6.07) is 11.3. The van der Waals surface area contributed by atoms with E-state index in [0.717, 1.165) is 19.5 Å². The second kappa shape index (κ2) is 6.54. The SMILES string of the molecule is C[Si](C)(C)/C=C1\CN(Cc2ccccc2)[C@@H]2CCCC[C@]12CO. The van der Waals surface area contributed by atoms with E-state index in [1.165, 1.54) is 24.8 Å². The van der Waals surface area contributed by atoms with Gasteiger partial charge in [-0.2, -0.15) is 0 Å². The van der Waals surface area contributed by atoms with Crippen molar-refractivity contribution in [2.75, 3.05) is 13.2 Å². The van der Waals surface area contributed by atoms with Crippen LogP contribution in [0, 0.1) is 5.41 Å². The summed E-state index contributed by atoms with van der Waals surface area (Å²) in [7, 11) is -1.28. The van der Waals surface area contributed by atoms with Crippen molar-refractivity contribution in [3.63, 3.8) is 0 Å². The maximum Gasteiger partial charge on any atom is 0.0687 e. The zero-order valence-corrected chi connectivity index (χ0v) is 15.9. The molecular weight excluding hydrogens is 298 g/mol. The van der Waals surface area contributed by atoms with Gasteiger partial charge in [-0.15, -0.1) is 0 Å². The van der Waals surface area contributed by atoms with E-state index in [1.807, 2.05) is 0 Å². The second-order valence-corrected chi connectivity index (χ2v) is 13.5. The molecule has 1 saturated heterocycles. The lowest BCUT2D eigenvalue weighted by Crippen LogP contribution is -2.44. The molecule has 1 saturated carbocycles. The van der Waals surface area contributed by atoms with Crippen LogP contribution in [0.3, 0.4) is 0 Å². The lowest BCUT2D eigenvalue weighted by Gasteiger charge is -2.41. The molecule has 2 aliphatic rings. The van der Waals surface area contributed by atoms with E-state index in [9.17, 15) is 5.11 Å². The quantitative estimate of drug-likeness (QED) is 0.836. The summed E-state index contributed by atoms with van der Waals surface area (Å²) in [4.78, 5) is 2.64. The van der Waals surface area contributed by atoms with Crippen LogP contribution in [0.4, 0.5) is 0 Å². The van der Waals surface area contributed by atoms with Gasteiger partial charge in [0, 0.05) is 24.5 Å². The molecule has 0 spiro atoms. The van der Waals surface area contributed by atoms with Gasteiger partial charge in [0.25, 0.3) is 0 Å². The Bertz CT molecular complexity index is 563. The minimum absolute atomic E-state index is 0.0350. The van der Waals surface area contributed by atoms with E-state index in [1.54, 1.807) is 5.57 Å². The monoisotopic (exact) mass is 329 g/mol. The molecule has 1 heterocycles. The Morgan fingerprint density at radius 1 is 1.22 bits per heavy atom. The topological polar surface area (TPSA) is 23.5 Å². The Morgan fingerprint density at radius 3 is 2.61 bits per heavy atom. The van der Waals surface area contributed by atoms with E-state index < -0.39 is 8.07 Å². The van der Waals surface area contributed by atoms with Crippen molar-refractivity contribution in [2.24, 2.45) is 5.41 Å². The lowest BCUT2D eigenvalue weighted by molar-refractivity contribution is 0.0536. The van der Waals surface area contributed by atoms with E-state index in [-0.39, 0.29) is 5.41 Å². The van der Waals surface area contributed by atoms with Crippen LogP contribution in [0.5, 0.6) is 0 Å². The van der Waals surface area contributed by atoms with Crippen LogP contribution >= 0.6 is 0 Å². The molecule has 1 N–H and O–H groups in total. The lowest BCUT2D eigenvalue weighted by atomic mass is 9.69. The standard InChI is InChI=1S/C20H31NOSi/c1-23(2,3)15-18-14-21(13-17-9-5-4-6-10-17)19-11-7-8-12-20(18,19)16-22/h4-6,9-10,15,19,22H,7-8,11-14,16H2,1-3H3/b18-15+/t19-,20+/m1/s1. The highest BCUT2D eigenvalue weighted by molar-refractivity contribution is 6.81. The van der Waals surface area contributed by atoms with Gasteiger partial charge in [-0.3, -0.25) is 4.90 Å². The molecule has 1 aromatic rings. The van der Waals surface area contributed by atoms with Crippen LogP contribution in [-0.2, 0) is 6.54 Å². The number of rotatable bonds is 4. The zero-order valence-electron chi connectivity index (χ0n) is 14.9. The predicted molar refractivity (Wildman–Crippen MR) is 100 cm³/mol. The first-order chi connectivity index (χ1) is 10.9. The minimum atomic E-state index is -1.28. The number of hydrogen-bond donors (Lipinski definition) is 1. The van der Waals surface area contributed by atoms with E-state index >= 15 is 0 Å². The average Bonchev–Trinajstić information content (AvgIpc) is 2.81. The first kappa shape index (κ1) is 16.9. The van der Waals surface area contributed by atoms with Crippen LogP contribution in [0.1, 0.15) is 31.2 Å². The van der Waals surface area contributed by atoms with Gasteiger partial charge in [0.1, 0.15) is 0 Å². The van der Waals surface area contributed by atoms with Crippen molar-refractivity contribution >= 4 is 8.07 Å². The number of benzene rings is 1. The Kier molecular flexibility index (Phi) is 4.82. The summed E-state index contributed by atoms with van der Waals surface area (Å²) < 4.78 is 0. The highest BCUT2D eigenvalue weighted by Gasteiger charge is 2.51. The Morgan fingerprint density at radius 2 is 1.96 bits per heavy atom. The minimum Gasteiger partial charge on any atom is -0.395 e. The number of aliphatic hydroxyl groups excluding tert-OH is 1. The molecule has 23 heavy (non-hydrogen) atoms. The fourth-order valence-electron chi connectivity index (χ4n) is 4.60. The molecule has 1 aliphatic heterocycles. The smallest absolute Gasteiger partial charge is 0.0687 e. The zero-order chi connectivity index (χ0) is 16.5. The van der Waals surface area contributed by atoms with Crippen molar-refractivity contribution in [1.29, 1.82) is 0 Å². The molecule has 1 aromatic carbocycles. The van der Waals surface area contributed by atoms with Crippen LogP contribution < -0.4 is 0 Å². The highest BCUT2D eigenvalue weighted by atomic mass is 28.3. The number of fused-ring (bicyclic) bond motifs is 1. The fourth-order valence-corrected chi connectivity index (χ4v) is 6.02. The van der Waals surface area contributed by atoms with Crippen LogP contribution in [-0.4, -0.2) is 37.3 Å². The third-order valence-corrected chi connectivity index (χ3v) is 6.77. The van der Waals surface area contributed by atoms with Gasteiger partial charge in [0.2, 0.25) is 0 Å². The first-order valence-corrected chi connectivity index (χ1v) is 12.6. The third-order valence-electron chi connectivity index (χ3n) is 5.56. The highest BCUT2D eigenvalue weighted by Crippen LogP contribution is 2.50. The van der Waals surface area contributed by atoms with Crippen LogP contribution in [0.25, 0.3) is 0 Å². The molecule has 0 amide bonds. The number of hydrogen-bond acceptors (Lipinski definition) is 2. The molecule has 3 rings (SSSR count). The molecule has 3 heteroatoms. The fraction of sp³-hybridized carbons (Fsp3) is 0.600. The van der Waals surface area contributed by atoms with E-state index in [4.69, 9.17) is 0 Å². The normalized spacial score (nSPS) is 30.6. The van der Waals surface area contributed by atoms with Gasteiger partial charge in [0.05, 0.1) is 14.7 Å². The molecular formula is C20H31NOSi. The van der Waals surface area contributed by atoms with Gasteiger partial charge >= 0.3 is 0 Å². The van der Waals surface area contributed by atoms with Gasteiger partial charge in [-0.25, -0.2) is 0 Å². The van der Waals surface area contributed by atoms with Crippen molar-refractivity contribution in [2.45, 2.75) is 57.9 Å². The van der Waals surface area contributed by atoms with Gasteiger partial charge in [-0.05, 0) is 18.4 Å². The Labute approximate surface area is 142 Å². The maximum absolute atomic E-state index is 10.4. The molecule has 2 nitrogen and oxygen atoms in total. The average molecular weight is 330 g/mol. The van der Waals surface area contributed by atoms with Crippen molar-refractivity contribution in [1.82, 2.24) is 4.90 Å². The van der Waals surface area contributed by atoms with Crippen molar-refractivity contribution in [3.05, 3.63) is 47.2 Å².